The highest BCUT2D eigenvalue weighted by atomic mass is 79.9. The van der Waals surface area contributed by atoms with Crippen molar-refractivity contribution < 1.29 is 9.47 Å². The molecule has 0 radical (unpaired) electrons. The molecular formula is C19H20BrN7O2. The average Bonchev–Trinajstić information content (AvgIpc) is 3.19. The molecule has 0 saturated carbocycles. The molecule has 0 unspecified atom stereocenters. The Morgan fingerprint density at radius 1 is 1.17 bits per heavy atom. The van der Waals surface area contributed by atoms with Crippen LogP contribution in [0.1, 0.15) is 12.1 Å². The number of aromatic nitrogens is 4. The third-order valence-electron chi connectivity index (χ3n) is 3.95. The molecule has 2 heterocycles. The number of H-pyrrole nitrogens is 1. The van der Waals surface area contributed by atoms with Crippen LogP contribution in [0, 0.1) is 11.3 Å². The van der Waals surface area contributed by atoms with Crippen LogP contribution in [0.4, 0.5) is 11.6 Å². The largest absolute Gasteiger partial charge is 0.496 e. The van der Waals surface area contributed by atoms with Crippen LogP contribution in [0.25, 0.3) is 11.3 Å². The van der Waals surface area contributed by atoms with Crippen molar-refractivity contribution in [3.63, 3.8) is 0 Å². The number of nitriles is 1. The lowest BCUT2D eigenvalue weighted by molar-refractivity contribution is 0.308. The quantitative estimate of drug-likeness (QED) is 0.418. The van der Waals surface area contributed by atoms with Crippen LogP contribution >= 0.6 is 15.9 Å². The fourth-order valence-electron chi connectivity index (χ4n) is 2.62. The summed E-state index contributed by atoms with van der Waals surface area (Å²) in [5.41, 5.74) is 1.74. The molecule has 3 N–H and O–H groups in total. The monoisotopic (exact) mass is 457 g/mol. The zero-order valence-corrected chi connectivity index (χ0v) is 17.6. The van der Waals surface area contributed by atoms with Gasteiger partial charge in [-0.05, 0) is 32.1 Å². The molecule has 3 aromatic rings. The summed E-state index contributed by atoms with van der Waals surface area (Å²) in [5.74, 6) is 2.36. The van der Waals surface area contributed by atoms with E-state index in [4.69, 9.17) is 14.7 Å². The van der Waals surface area contributed by atoms with Crippen molar-refractivity contribution in [3.05, 3.63) is 40.8 Å². The molecule has 150 valence electrons. The number of rotatable bonds is 9. The highest BCUT2D eigenvalue weighted by Crippen LogP contribution is 2.41. The molecule has 9 nitrogen and oxygen atoms in total. The van der Waals surface area contributed by atoms with Crippen molar-refractivity contribution in [1.82, 2.24) is 25.5 Å². The summed E-state index contributed by atoms with van der Waals surface area (Å²) >= 11 is 3.50. The van der Waals surface area contributed by atoms with Crippen LogP contribution in [-0.4, -0.2) is 47.5 Å². The molecule has 3 rings (SSSR count). The highest BCUT2D eigenvalue weighted by Gasteiger charge is 2.17. The first kappa shape index (κ1) is 20.6. The zero-order valence-electron chi connectivity index (χ0n) is 16.0. The molecule has 0 bridgehead atoms. The number of hydrogen-bond donors (Lipinski definition) is 3. The van der Waals surface area contributed by atoms with E-state index in [1.165, 1.54) is 12.4 Å². The molecule has 0 aliphatic carbocycles. The van der Waals surface area contributed by atoms with E-state index < -0.39 is 0 Å². The maximum absolute atomic E-state index is 8.81. The lowest BCUT2D eigenvalue weighted by Gasteiger charge is -2.14. The predicted octanol–water partition coefficient (Wildman–Crippen LogP) is 3.24. The molecule has 0 amide bonds. The van der Waals surface area contributed by atoms with Crippen LogP contribution < -0.4 is 20.1 Å². The smallest absolute Gasteiger partial charge is 0.158 e. The minimum Gasteiger partial charge on any atom is -0.496 e. The summed E-state index contributed by atoms with van der Waals surface area (Å²) in [4.78, 5) is 8.12. The third kappa shape index (κ3) is 5.22. The summed E-state index contributed by atoms with van der Waals surface area (Å²) < 4.78 is 12.4. The number of aromatic amines is 1. The van der Waals surface area contributed by atoms with Gasteiger partial charge in [-0.15, -0.1) is 0 Å². The van der Waals surface area contributed by atoms with Crippen LogP contribution in [0.2, 0.25) is 0 Å². The van der Waals surface area contributed by atoms with Crippen molar-refractivity contribution in [2.45, 2.75) is 6.42 Å². The first-order valence-electron chi connectivity index (χ1n) is 8.84. The summed E-state index contributed by atoms with van der Waals surface area (Å²) in [5, 5.41) is 22.2. The Labute approximate surface area is 176 Å². The van der Waals surface area contributed by atoms with E-state index in [-0.39, 0.29) is 5.69 Å². The number of ether oxygens (including phenoxy) is 2. The minimum absolute atomic E-state index is 0.248. The molecule has 29 heavy (non-hydrogen) atoms. The number of benzene rings is 1. The molecule has 2 aromatic heterocycles. The van der Waals surface area contributed by atoms with Gasteiger partial charge in [-0.3, -0.25) is 5.10 Å². The van der Waals surface area contributed by atoms with Gasteiger partial charge in [0, 0.05) is 10.5 Å². The van der Waals surface area contributed by atoms with Crippen molar-refractivity contribution in [2.75, 3.05) is 32.6 Å². The number of anilines is 2. The molecule has 1 aromatic carbocycles. The lowest BCUT2D eigenvalue weighted by atomic mass is 10.1. The zero-order chi connectivity index (χ0) is 20.6. The van der Waals surface area contributed by atoms with E-state index in [9.17, 15) is 0 Å². The third-order valence-corrected chi connectivity index (χ3v) is 4.41. The van der Waals surface area contributed by atoms with Crippen LogP contribution in [0.5, 0.6) is 11.5 Å². The van der Waals surface area contributed by atoms with Gasteiger partial charge in [0.15, 0.2) is 11.5 Å². The molecule has 0 aliphatic heterocycles. The Morgan fingerprint density at radius 3 is 2.69 bits per heavy atom. The van der Waals surface area contributed by atoms with Gasteiger partial charge in [0.05, 0.1) is 37.4 Å². The summed E-state index contributed by atoms with van der Waals surface area (Å²) in [6.45, 7) is 1.43. The molecule has 0 atom stereocenters. The van der Waals surface area contributed by atoms with Crippen LogP contribution in [0.3, 0.4) is 0 Å². The Kier molecular flexibility index (Phi) is 6.99. The Hall–Kier alpha value is -3.16. The first-order chi connectivity index (χ1) is 14.1. The molecule has 0 spiro atoms. The number of nitrogens with one attached hydrogen (secondary N) is 3. The maximum Gasteiger partial charge on any atom is 0.158 e. The Balaban J connectivity index is 1.86. The molecule has 0 fully saturated rings. The number of hydrogen-bond acceptors (Lipinski definition) is 8. The molecular weight excluding hydrogens is 438 g/mol. The van der Waals surface area contributed by atoms with E-state index >= 15 is 0 Å². The van der Waals surface area contributed by atoms with E-state index in [1.807, 2.05) is 31.3 Å². The fourth-order valence-corrected chi connectivity index (χ4v) is 3.04. The normalized spacial score (nSPS) is 10.4. The van der Waals surface area contributed by atoms with Gasteiger partial charge in [-0.2, -0.15) is 10.4 Å². The molecule has 0 aliphatic rings. The highest BCUT2D eigenvalue weighted by molar-refractivity contribution is 9.10. The Bertz CT molecular complexity index is 999. The SMILES string of the molecule is CNCCCOc1cc(Br)cc(OC)c1-c1cc(Nc2cnc(C#N)cn2)n[nH]1. The summed E-state index contributed by atoms with van der Waals surface area (Å²) in [6, 6.07) is 7.53. The van der Waals surface area contributed by atoms with Gasteiger partial charge in [0.2, 0.25) is 0 Å². The standard InChI is InChI=1S/C19H20BrN7O2/c1-22-4-3-5-29-16-7-12(20)6-15(28-2)19(16)14-8-17(27-26-14)25-18-11-23-13(9-21)10-24-18/h6-8,10-11,22H,3-5H2,1-2H3,(H2,24,25,26,27). The molecule has 0 saturated heterocycles. The van der Waals surface area contributed by atoms with E-state index in [1.54, 1.807) is 7.11 Å². The second-order valence-corrected chi connectivity index (χ2v) is 6.89. The van der Waals surface area contributed by atoms with Crippen molar-refractivity contribution in [3.8, 4) is 28.8 Å². The summed E-state index contributed by atoms with van der Waals surface area (Å²) in [7, 11) is 3.52. The van der Waals surface area contributed by atoms with Gasteiger partial charge >= 0.3 is 0 Å². The number of nitrogens with zero attached hydrogens (tertiary/aromatic N) is 4. The number of halogens is 1. The van der Waals surface area contributed by atoms with Gasteiger partial charge < -0.3 is 20.1 Å². The Morgan fingerprint density at radius 2 is 2.00 bits per heavy atom. The van der Waals surface area contributed by atoms with E-state index in [2.05, 4.69) is 46.7 Å². The average molecular weight is 458 g/mol. The minimum atomic E-state index is 0.248. The van der Waals surface area contributed by atoms with E-state index in [0.717, 1.165) is 28.7 Å². The fraction of sp³-hybridized carbons (Fsp3) is 0.263. The second-order valence-electron chi connectivity index (χ2n) is 5.98. The van der Waals surface area contributed by atoms with E-state index in [0.29, 0.717) is 29.7 Å². The summed E-state index contributed by atoms with van der Waals surface area (Å²) in [6.07, 6.45) is 3.74. The van der Waals surface area contributed by atoms with Crippen molar-refractivity contribution in [2.24, 2.45) is 0 Å². The van der Waals surface area contributed by atoms with Gasteiger partial charge in [0.1, 0.15) is 23.4 Å². The van der Waals surface area contributed by atoms with Crippen LogP contribution in [0.15, 0.2) is 35.1 Å². The number of methoxy groups -OCH3 is 1. The van der Waals surface area contributed by atoms with Gasteiger partial charge in [0.25, 0.3) is 0 Å². The van der Waals surface area contributed by atoms with Gasteiger partial charge in [-0.1, -0.05) is 15.9 Å². The maximum atomic E-state index is 8.81. The van der Waals surface area contributed by atoms with Gasteiger partial charge in [-0.25, -0.2) is 9.97 Å². The van der Waals surface area contributed by atoms with Crippen molar-refractivity contribution >= 4 is 27.6 Å². The predicted molar refractivity (Wildman–Crippen MR) is 112 cm³/mol. The van der Waals surface area contributed by atoms with Crippen molar-refractivity contribution in [1.29, 1.82) is 5.26 Å². The lowest BCUT2D eigenvalue weighted by Crippen LogP contribution is -2.11. The first-order valence-corrected chi connectivity index (χ1v) is 9.63. The topological polar surface area (TPSA) is 121 Å². The van der Waals surface area contributed by atoms with Crippen LogP contribution in [-0.2, 0) is 0 Å². The second kappa shape index (κ2) is 9.86. The molecule has 10 heteroatoms.